The van der Waals surface area contributed by atoms with Crippen LogP contribution in [0.15, 0.2) is 48.5 Å². The predicted molar refractivity (Wildman–Crippen MR) is 116 cm³/mol. The number of aromatic nitrogens is 1. The van der Waals surface area contributed by atoms with Gasteiger partial charge in [0, 0.05) is 37.5 Å². The molecule has 156 valence electrons. The Kier molecular flexibility index (Phi) is 5.92. The molecule has 7 heteroatoms. The number of nitrogens with one attached hydrogen (secondary N) is 1. The number of hydrogen-bond acceptors (Lipinski definition) is 5. The maximum absolute atomic E-state index is 13.3. The van der Waals surface area contributed by atoms with Crippen molar-refractivity contribution in [2.75, 3.05) is 26.3 Å². The molecule has 0 aliphatic carbocycles. The molecule has 0 spiro atoms. The highest BCUT2D eigenvalue weighted by atomic mass is 16.5. The molecule has 1 N–H and O–H groups in total. The van der Waals surface area contributed by atoms with Gasteiger partial charge in [0.15, 0.2) is 0 Å². The minimum atomic E-state index is -0.0835. The second-order valence-corrected chi connectivity index (χ2v) is 7.41. The van der Waals surface area contributed by atoms with Crippen molar-refractivity contribution in [1.82, 2.24) is 15.2 Å². The van der Waals surface area contributed by atoms with Gasteiger partial charge < -0.3 is 15.0 Å². The number of hydrogen-bond donors (Lipinski definition) is 1. The maximum Gasteiger partial charge on any atom is 0.254 e. The molecule has 2 aromatic carbocycles. The van der Waals surface area contributed by atoms with Crippen LogP contribution in [0.1, 0.15) is 28.4 Å². The largest absolute Gasteiger partial charge is 0.378 e. The van der Waals surface area contributed by atoms with E-state index in [9.17, 15) is 14.9 Å². The topological polar surface area (TPSA) is 95.3 Å². The van der Waals surface area contributed by atoms with E-state index in [2.05, 4.69) is 11.4 Å². The standard InChI is InChI=1S/C24H22N4O3/c1-16(29)26-15-17-2-5-19(6-3-17)22-13-21(24(30)28-8-10-31-11-9-28)20-7-4-18(14-25)12-23(20)27-22/h2-7,12-13H,8-11,15H2,1H3,(H,26,29). The number of rotatable bonds is 4. The number of ether oxygens (including phenoxy) is 1. The van der Waals surface area contributed by atoms with E-state index in [1.54, 1.807) is 23.1 Å². The van der Waals surface area contributed by atoms with E-state index >= 15 is 0 Å². The number of benzene rings is 2. The Hall–Kier alpha value is -3.76. The zero-order valence-corrected chi connectivity index (χ0v) is 17.2. The molecule has 31 heavy (non-hydrogen) atoms. The zero-order chi connectivity index (χ0) is 21.8. The molecule has 1 aromatic heterocycles. The summed E-state index contributed by atoms with van der Waals surface area (Å²) in [6.45, 7) is 4.08. The van der Waals surface area contributed by atoms with Crippen LogP contribution in [-0.4, -0.2) is 48.0 Å². The van der Waals surface area contributed by atoms with Crippen molar-refractivity contribution in [3.8, 4) is 17.3 Å². The van der Waals surface area contributed by atoms with Gasteiger partial charge in [0.05, 0.1) is 41.6 Å². The fourth-order valence-electron chi connectivity index (χ4n) is 3.58. The molecule has 3 aromatic rings. The summed E-state index contributed by atoms with van der Waals surface area (Å²) in [5.74, 6) is -0.149. The molecule has 0 atom stereocenters. The van der Waals surface area contributed by atoms with Crippen LogP contribution in [0, 0.1) is 11.3 Å². The summed E-state index contributed by atoms with van der Waals surface area (Å²) in [7, 11) is 0. The molecule has 2 amide bonds. The lowest BCUT2D eigenvalue weighted by Crippen LogP contribution is -2.40. The fraction of sp³-hybridized carbons (Fsp3) is 0.250. The second-order valence-electron chi connectivity index (χ2n) is 7.41. The van der Waals surface area contributed by atoms with Gasteiger partial charge in [0.25, 0.3) is 5.91 Å². The number of amides is 2. The van der Waals surface area contributed by atoms with Gasteiger partial charge in [-0.15, -0.1) is 0 Å². The van der Waals surface area contributed by atoms with Crippen LogP contribution in [0.2, 0.25) is 0 Å². The van der Waals surface area contributed by atoms with Crippen LogP contribution in [0.25, 0.3) is 22.2 Å². The summed E-state index contributed by atoms with van der Waals surface area (Å²) in [5, 5.41) is 12.8. The Morgan fingerprint density at radius 2 is 1.87 bits per heavy atom. The highest BCUT2D eigenvalue weighted by Gasteiger charge is 2.22. The van der Waals surface area contributed by atoms with Crippen molar-refractivity contribution >= 4 is 22.7 Å². The van der Waals surface area contributed by atoms with Crippen molar-refractivity contribution < 1.29 is 14.3 Å². The van der Waals surface area contributed by atoms with Crippen molar-refractivity contribution in [1.29, 1.82) is 5.26 Å². The number of nitrogens with zero attached hydrogens (tertiary/aromatic N) is 3. The molecular weight excluding hydrogens is 392 g/mol. The first-order valence-corrected chi connectivity index (χ1v) is 10.1. The minimum Gasteiger partial charge on any atom is -0.378 e. The van der Waals surface area contributed by atoms with Crippen LogP contribution in [0.3, 0.4) is 0 Å². The number of fused-ring (bicyclic) bond motifs is 1. The Morgan fingerprint density at radius 3 is 2.55 bits per heavy atom. The molecule has 1 fully saturated rings. The summed E-state index contributed by atoms with van der Waals surface area (Å²) in [4.78, 5) is 30.9. The van der Waals surface area contributed by atoms with Gasteiger partial charge in [-0.3, -0.25) is 9.59 Å². The van der Waals surface area contributed by atoms with Gasteiger partial charge in [0.1, 0.15) is 0 Å². The monoisotopic (exact) mass is 414 g/mol. The molecular formula is C24H22N4O3. The first kappa shape index (κ1) is 20.5. The van der Waals surface area contributed by atoms with Gasteiger partial charge in [-0.2, -0.15) is 5.26 Å². The third-order valence-electron chi connectivity index (χ3n) is 5.26. The Balaban J connectivity index is 1.75. The Bertz CT molecular complexity index is 1180. The average molecular weight is 414 g/mol. The van der Waals surface area contributed by atoms with Gasteiger partial charge in [-0.05, 0) is 23.8 Å². The smallest absolute Gasteiger partial charge is 0.254 e. The first-order chi connectivity index (χ1) is 15.0. The SMILES string of the molecule is CC(=O)NCc1ccc(-c2cc(C(=O)N3CCOCC3)c3ccc(C#N)cc3n2)cc1. The quantitative estimate of drug-likeness (QED) is 0.708. The van der Waals surface area contributed by atoms with Gasteiger partial charge in [0.2, 0.25) is 5.91 Å². The van der Waals surface area contributed by atoms with Crippen LogP contribution in [0.5, 0.6) is 0 Å². The van der Waals surface area contributed by atoms with Crippen molar-refractivity contribution in [3.63, 3.8) is 0 Å². The van der Waals surface area contributed by atoms with E-state index in [4.69, 9.17) is 9.72 Å². The summed E-state index contributed by atoms with van der Waals surface area (Å²) in [6.07, 6.45) is 0. The molecule has 0 saturated carbocycles. The third-order valence-corrected chi connectivity index (χ3v) is 5.26. The Morgan fingerprint density at radius 1 is 1.13 bits per heavy atom. The maximum atomic E-state index is 13.3. The summed E-state index contributed by atoms with van der Waals surface area (Å²) in [5.41, 5.74) is 4.14. The molecule has 1 saturated heterocycles. The lowest BCUT2D eigenvalue weighted by molar-refractivity contribution is -0.119. The lowest BCUT2D eigenvalue weighted by Gasteiger charge is -2.27. The number of nitriles is 1. The number of morpholine rings is 1. The fourth-order valence-corrected chi connectivity index (χ4v) is 3.58. The van der Waals surface area contributed by atoms with Gasteiger partial charge >= 0.3 is 0 Å². The second kappa shape index (κ2) is 8.94. The number of carbonyl (C=O) groups is 2. The molecule has 1 aliphatic heterocycles. The molecule has 0 bridgehead atoms. The summed E-state index contributed by atoms with van der Waals surface area (Å²) in [6, 6.07) is 16.8. The van der Waals surface area contributed by atoms with E-state index < -0.39 is 0 Å². The highest BCUT2D eigenvalue weighted by molar-refractivity contribution is 6.07. The molecule has 2 heterocycles. The minimum absolute atomic E-state index is 0.0658. The molecule has 0 unspecified atom stereocenters. The number of carbonyl (C=O) groups excluding carboxylic acids is 2. The highest BCUT2D eigenvalue weighted by Crippen LogP contribution is 2.27. The normalized spacial score (nSPS) is 13.6. The van der Waals surface area contributed by atoms with Crippen molar-refractivity contribution in [2.45, 2.75) is 13.5 Å². The molecule has 4 rings (SSSR count). The van der Waals surface area contributed by atoms with Crippen LogP contribution >= 0.6 is 0 Å². The van der Waals surface area contributed by atoms with Crippen LogP contribution < -0.4 is 5.32 Å². The molecule has 1 aliphatic rings. The molecule has 7 nitrogen and oxygen atoms in total. The van der Waals surface area contributed by atoms with E-state index in [1.165, 1.54) is 6.92 Å². The Labute approximate surface area is 180 Å². The van der Waals surface area contributed by atoms with Gasteiger partial charge in [-0.1, -0.05) is 30.3 Å². The summed E-state index contributed by atoms with van der Waals surface area (Å²) >= 11 is 0. The first-order valence-electron chi connectivity index (χ1n) is 10.1. The van der Waals surface area contributed by atoms with Gasteiger partial charge in [-0.25, -0.2) is 4.98 Å². The van der Waals surface area contributed by atoms with Crippen LogP contribution in [-0.2, 0) is 16.1 Å². The van der Waals surface area contributed by atoms with E-state index in [-0.39, 0.29) is 11.8 Å². The summed E-state index contributed by atoms with van der Waals surface area (Å²) < 4.78 is 5.37. The predicted octanol–water partition coefficient (Wildman–Crippen LogP) is 2.88. The van der Waals surface area contributed by atoms with Crippen molar-refractivity contribution in [2.24, 2.45) is 0 Å². The third kappa shape index (κ3) is 4.55. The molecule has 0 radical (unpaired) electrons. The van der Waals surface area contributed by atoms with E-state index in [0.29, 0.717) is 55.2 Å². The lowest BCUT2D eigenvalue weighted by atomic mass is 10.0. The van der Waals surface area contributed by atoms with Crippen LogP contribution in [0.4, 0.5) is 0 Å². The van der Waals surface area contributed by atoms with E-state index in [0.717, 1.165) is 16.5 Å². The van der Waals surface area contributed by atoms with E-state index in [1.807, 2.05) is 30.3 Å². The average Bonchev–Trinajstić information content (AvgIpc) is 2.82. The zero-order valence-electron chi connectivity index (χ0n) is 17.2. The van der Waals surface area contributed by atoms with Crippen molar-refractivity contribution in [3.05, 3.63) is 65.2 Å². The number of pyridine rings is 1.